The van der Waals surface area contributed by atoms with Crippen molar-refractivity contribution in [2.75, 3.05) is 26.6 Å². The summed E-state index contributed by atoms with van der Waals surface area (Å²) in [6.45, 7) is -1.27. The van der Waals surface area contributed by atoms with Gasteiger partial charge in [0, 0.05) is 0 Å². The summed E-state index contributed by atoms with van der Waals surface area (Å²) in [5.74, 6) is -1.63. The van der Waals surface area contributed by atoms with Crippen LogP contribution in [0.3, 0.4) is 0 Å². The average molecular weight is 378 g/mol. The molecule has 0 bridgehead atoms. The fraction of sp³-hybridized carbons (Fsp3) is 0.600. The molecule has 1 aliphatic heterocycles. The summed E-state index contributed by atoms with van der Waals surface area (Å²) < 4.78 is 42.4. The molecule has 2 rings (SSSR count). The quantitative estimate of drug-likeness (QED) is 0.487. The van der Waals surface area contributed by atoms with E-state index in [-0.39, 0.29) is 6.61 Å². The summed E-state index contributed by atoms with van der Waals surface area (Å²) >= 11 is 0. The van der Waals surface area contributed by atoms with Crippen LogP contribution in [0, 0.1) is 0 Å². The summed E-state index contributed by atoms with van der Waals surface area (Å²) in [4.78, 5) is 0. The number of ether oxygens (including phenoxy) is 3. The van der Waals surface area contributed by atoms with Crippen LogP contribution >= 0.6 is 0 Å². The van der Waals surface area contributed by atoms with E-state index in [0.717, 1.165) is 11.8 Å². The minimum Gasteiger partial charge on any atom is -0.497 e. The molecule has 10 heteroatoms. The average Bonchev–Trinajstić information content (AvgIpc) is 2.82. The third kappa shape index (κ3) is 5.11. The van der Waals surface area contributed by atoms with Gasteiger partial charge >= 0.3 is 0 Å². The Morgan fingerprint density at radius 1 is 1.28 bits per heavy atom. The lowest BCUT2D eigenvalue weighted by atomic mass is 10.1. The molecular formula is C15H22O9S. The standard InChI is InChI=1S/C15H22O9S/c1-21-11-5-3-10(4-6-11)8-22-13-12(7-16)24-15(18,14(13)17)9-23-25(2,19)20/h3-6,12-14,16-18H,7-9H2,1-2H3/t12-,13-,14-,15+/m1/s1. The predicted molar refractivity (Wildman–Crippen MR) is 85.3 cm³/mol. The van der Waals surface area contributed by atoms with Gasteiger partial charge < -0.3 is 29.5 Å². The van der Waals surface area contributed by atoms with E-state index in [0.29, 0.717) is 5.75 Å². The maximum absolute atomic E-state index is 11.1. The predicted octanol–water partition coefficient (Wildman–Crippen LogP) is -1.00. The van der Waals surface area contributed by atoms with Crippen LogP contribution in [0.4, 0.5) is 0 Å². The lowest BCUT2D eigenvalue weighted by Crippen LogP contribution is -2.47. The van der Waals surface area contributed by atoms with Crippen molar-refractivity contribution in [3.8, 4) is 5.75 Å². The van der Waals surface area contributed by atoms with Gasteiger partial charge in [0.1, 0.15) is 30.7 Å². The summed E-state index contributed by atoms with van der Waals surface area (Å²) in [5.41, 5.74) is 0.771. The molecule has 4 atom stereocenters. The van der Waals surface area contributed by atoms with E-state index in [9.17, 15) is 23.7 Å². The van der Waals surface area contributed by atoms with Gasteiger partial charge in [0.2, 0.25) is 5.79 Å². The van der Waals surface area contributed by atoms with E-state index in [1.165, 1.54) is 0 Å². The van der Waals surface area contributed by atoms with Crippen LogP contribution in [-0.2, 0) is 30.4 Å². The number of hydrogen-bond donors (Lipinski definition) is 3. The third-order valence-corrected chi connectivity index (χ3v) is 4.30. The van der Waals surface area contributed by atoms with Crippen molar-refractivity contribution in [3.63, 3.8) is 0 Å². The van der Waals surface area contributed by atoms with E-state index >= 15 is 0 Å². The van der Waals surface area contributed by atoms with Crippen LogP contribution in [0.5, 0.6) is 5.75 Å². The number of methoxy groups -OCH3 is 1. The zero-order valence-corrected chi connectivity index (χ0v) is 14.7. The van der Waals surface area contributed by atoms with E-state index in [4.69, 9.17) is 14.2 Å². The third-order valence-electron chi connectivity index (χ3n) is 3.76. The first-order chi connectivity index (χ1) is 11.7. The zero-order valence-electron chi connectivity index (χ0n) is 13.9. The van der Waals surface area contributed by atoms with Gasteiger partial charge in [-0.25, -0.2) is 0 Å². The first-order valence-corrected chi connectivity index (χ1v) is 9.28. The van der Waals surface area contributed by atoms with Crippen molar-refractivity contribution in [3.05, 3.63) is 29.8 Å². The molecule has 9 nitrogen and oxygen atoms in total. The van der Waals surface area contributed by atoms with Gasteiger partial charge in [-0.3, -0.25) is 4.18 Å². The van der Waals surface area contributed by atoms with Crippen LogP contribution in [0.15, 0.2) is 24.3 Å². The molecule has 0 amide bonds. The molecule has 1 heterocycles. The molecule has 0 aromatic heterocycles. The van der Waals surface area contributed by atoms with Crippen LogP contribution in [-0.4, -0.2) is 74.4 Å². The largest absolute Gasteiger partial charge is 0.497 e. The molecule has 0 unspecified atom stereocenters. The van der Waals surface area contributed by atoms with E-state index in [1.807, 2.05) is 0 Å². The van der Waals surface area contributed by atoms with Crippen molar-refractivity contribution >= 4 is 10.1 Å². The van der Waals surface area contributed by atoms with Crippen molar-refractivity contribution in [2.45, 2.75) is 30.7 Å². The Morgan fingerprint density at radius 3 is 2.44 bits per heavy atom. The van der Waals surface area contributed by atoms with Gasteiger partial charge in [0.15, 0.2) is 0 Å². The van der Waals surface area contributed by atoms with Gasteiger partial charge in [-0.1, -0.05) is 12.1 Å². The topological polar surface area (TPSA) is 132 Å². The number of hydrogen-bond acceptors (Lipinski definition) is 9. The van der Waals surface area contributed by atoms with Crippen LogP contribution < -0.4 is 4.74 Å². The second-order valence-corrected chi connectivity index (χ2v) is 7.36. The van der Waals surface area contributed by atoms with E-state index in [2.05, 4.69) is 4.18 Å². The maximum atomic E-state index is 11.1. The van der Waals surface area contributed by atoms with Gasteiger partial charge in [-0.15, -0.1) is 0 Å². The van der Waals surface area contributed by atoms with Crippen LogP contribution in [0.25, 0.3) is 0 Å². The molecule has 0 aliphatic carbocycles. The van der Waals surface area contributed by atoms with Crippen molar-refractivity contribution in [2.24, 2.45) is 0 Å². The van der Waals surface area contributed by atoms with E-state index in [1.54, 1.807) is 31.4 Å². The Bertz CT molecular complexity index is 660. The Kier molecular flexibility index (Phi) is 6.38. The van der Waals surface area contributed by atoms with Gasteiger partial charge in [-0.05, 0) is 17.7 Å². The Labute approximate surface area is 145 Å². The Morgan fingerprint density at radius 2 is 1.92 bits per heavy atom. The molecule has 0 radical (unpaired) electrons. The smallest absolute Gasteiger partial charge is 0.264 e. The second-order valence-electron chi connectivity index (χ2n) is 5.72. The molecule has 0 spiro atoms. The molecular weight excluding hydrogens is 356 g/mol. The highest BCUT2D eigenvalue weighted by atomic mass is 32.2. The van der Waals surface area contributed by atoms with Gasteiger partial charge in [0.05, 0.1) is 26.6 Å². The summed E-state index contributed by atoms with van der Waals surface area (Å²) in [6.07, 6.45) is -2.91. The number of aliphatic hydroxyl groups is 3. The second kappa shape index (κ2) is 7.96. The van der Waals surface area contributed by atoms with E-state index < -0.39 is 47.4 Å². The first-order valence-electron chi connectivity index (χ1n) is 7.46. The number of benzene rings is 1. The lowest BCUT2D eigenvalue weighted by molar-refractivity contribution is -0.243. The molecule has 142 valence electrons. The van der Waals surface area contributed by atoms with Crippen molar-refractivity contribution in [1.82, 2.24) is 0 Å². The lowest BCUT2D eigenvalue weighted by Gasteiger charge is -2.25. The highest BCUT2D eigenvalue weighted by Gasteiger charge is 2.55. The summed E-state index contributed by atoms with van der Waals surface area (Å²) in [6, 6.07) is 6.99. The molecule has 1 saturated heterocycles. The minimum atomic E-state index is -3.84. The fourth-order valence-electron chi connectivity index (χ4n) is 2.42. The van der Waals surface area contributed by atoms with Gasteiger partial charge in [-0.2, -0.15) is 8.42 Å². The molecule has 1 fully saturated rings. The SMILES string of the molecule is COc1ccc(CO[C@H]2[C@@H](O)[C@](O)(COS(C)(=O)=O)O[C@@H]2CO)cc1. The summed E-state index contributed by atoms with van der Waals surface area (Å²) in [5, 5.41) is 29.9. The van der Waals surface area contributed by atoms with Crippen molar-refractivity contribution < 1.29 is 42.1 Å². The van der Waals surface area contributed by atoms with Crippen LogP contribution in [0.1, 0.15) is 5.56 Å². The monoisotopic (exact) mass is 378 g/mol. The minimum absolute atomic E-state index is 0.0780. The zero-order chi connectivity index (χ0) is 18.7. The molecule has 1 aromatic rings. The molecule has 25 heavy (non-hydrogen) atoms. The molecule has 3 N–H and O–H groups in total. The fourth-order valence-corrected chi connectivity index (χ4v) is 2.81. The first kappa shape index (κ1) is 20.0. The molecule has 0 saturated carbocycles. The normalized spacial score (nSPS) is 29.7. The van der Waals surface area contributed by atoms with Crippen molar-refractivity contribution in [1.29, 1.82) is 0 Å². The molecule has 1 aromatic carbocycles. The number of rotatable bonds is 8. The molecule has 1 aliphatic rings. The van der Waals surface area contributed by atoms with Gasteiger partial charge in [0.25, 0.3) is 10.1 Å². The highest BCUT2D eigenvalue weighted by molar-refractivity contribution is 7.85. The summed E-state index contributed by atoms with van der Waals surface area (Å²) in [7, 11) is -2.30. The highest BCUT2D eigenvalue weighted by Crippen LogP contribution is 2.32. The van der Waals surface area contributed by atoms with Crippen LogP contribution in [0.2, 0.25) is 0 Å². The Balaban J connectivity index is 2.02. The maximum Gasteiger partial charge on any atom is 0.264 e. The Hall–Kier alpha value is -1.27. The number of aliphatic hydroxyl groups excluding tert-OH is 2.